The average molecular weight is 257 g/mol. The van der Waals surface area contributed by atoms with Gasteiger partial charge in [-0.05, 0) is 18.2 Å². The van der Waals surface area contributed by atoms with Crippen molar-refractivity contribution in [1.29, 1.82) is 5.26 Å². The topological polar surface area (TPSA) is 128 Å². The van der Waals surface area contributed by atoms with Crippen molar-refractivity contribution in [3.63, 3.8) is 0 Å². The molecule has 0 bridgehead atoms. The van der Waals surface area contributed by atoms with Crippen LogP contribution in [0.5, 0.6) is 11.8 Å². The number of hydrogen-bond donors (Lipinski definition) is 1. The Bertz CT molecular complexity index is 680. The fraction of sp³-hybridized carbons (Fsp3) is 0. The van der Waals surface area contributed by atoms with Crippen molar-refractivity contribution >= 4 is 11.5 Å². The van der Waals surface area contributed by atoms with Gasteiger partial charge in [0.15, 0.2) is 0 Å². The van der Waals surface area contributed by atoms with Gasteiger partial charge in [-0.3, -0.25) is 10.1 Å². The number of nitrogen functional groups attached to an aromatic ring is 1. The second-order valence-electron chi connectivity index (χ2n) is 3.42. The van der Waals surface area contributed by atoms with Crippen molar-refractivity contribution in [2.75, 3.05) is 5.73 Å². The summed E-state index contributed by atoms with van der Waals surface area (Å²) in [5.41, 5.74) is 5.26. The van der Waals surface area contributed by atoms with Gasteiger partial charge in [-0.25, -0.2) is 4.98 Å². The third-order valence-corrected chi connectivity index (χ3v) is 2.14. The van der Waals surface area contributed by atoms with Gasteiger partial charge in [-0.2, -0.15) is 10.2 Å². The van der Waals surface area contributed by atoms with E-state index >= 15 is 0 Å². The van der Waals surface area contributed by atoms with Crippen LogP contribution in [0.25, 0.3) is 0 Å². The Labute approximate surface area is 107 Å². The van der Waals surface area contributed by atoms with Gasteiger partial charge in [0.25, 0.3) is 0 Å². The molecule has 0 aliphatic carbocycles. The van der Waals surface area contributed by atoms with Crippen molar-refractivity contribution in [3.05, 3.63) is 46.1 Å². The predicted molar refractivity (Wildman–Crippen MR) is 64.3 cm³/mol. The van der Waals surface area contributed by atoms with Gasteiger partial charge in [-0.15, -0.1) is 0 Å². The van der Waals surface area contributed by atoms with Gasteiger partial charge < -0.3 is 10.5 Å². The number of benzene rings is 1. The van der Waals surface area contributed by atoms with Gasteiger partial charge >= 0.3 is 11.7 Å². The number of anilines is 1. The van der Waals surface area contributed by atoms with Crippen LogP contribution in [0.15, 0.2) is 30.5 Å². The molecule has 2 aromatic rings. The number of ether oxygens (including phenoxy) is 1. The molecule has 8 heteroatoms. The maximum Gasteiger partial charge on any atom is 0.324 e. The standard InChI is InChI=1S/C11H7N5O3/c12-6-7-1-2-9(8(5-7)16(17)18)19-11-14-4-3-10(13)15-11/h1-5H,(H2,13,14,15). The van der Waals surface area contributed by atoms with E-state index in [1.807, 2.05) is 6.07 Å². The lowest BCUT2D eigenvalue weighted by molar-refractivity contribution is -0.385. The van der Waals surface area contributed by atoms with Crippen LogP contribution in [0.1, 0.15) is 5.56 Å². The zero-order valence-corrected chi connectivity index (χ0v) is 9.48. The smallest absolute Gasteiger partial charge is 0.324 e. The summed E-state index contributed by atoms with van der Waals surface area (Å²) >= 11 is 0. The summed E-state index contributed by atoms with van der Waals surface area (Å²) in [6.45, 7) is 0. The van der Waals surface area contributed by atoms with Crippen LogP contribution in [0.4, 0.5) is 11.5 Å². The third-order valence-electron chi connectivity index (χ3n) is 2.14. The van der Waals surface area contributed by atoms with Gasteiger partial charge in [0.1, 0.15) is 5.82 Å². The number of nitro benzene ring substituents is 1. The monoisotopic (exact) mass is 257 g/mol. The molecule has 2 N–H and O–H groups in total. The Hall–Kier alpha value is -3.21. The number of nitriles is 1. The van der Waals surface area contributed by atoms with E-state index in [0.29, 0.717) is 0 Å². The minimum absolute atomic E-state index is 0.0606. The van der Waals surface area contributed by atoms with Crippen LogP contribution in [0.3, 0.4) is 0 Å². The van der Waals surface area contributed by atoms with Gasteiger partial charge in [0.2, 0.25) is 5.75 Å². The van der Waals surface area contributed by atoms with Crippen LogP contribution in [0.2, 0.25) is 0 Å². The second kappa shape index (κ2) is 4.97. The van der Waals surface area contributed by atoms with E-state index in [1.54, 1.807) is 0 Å². The highest BCUT2D eigenvalue weighted by atomic mass is 16.6. The van der Waals surface area contributed by atoms with Crippen LogP contribution < -0.4 is 10.5 Å². The van der Waals surface area contributed by atoms with Crippen LogP contribution >= 0.6 is 0 Å². The summed E-state index contributed by atoms with van der Waals surface area (Å²) in [6.07, 6.45) is 1.37. The van der Waals surface area contributed by atoms with Crippen molar-refractivity contribution in [2.24, 2.45) is 0 Å². The van der Waals surface area contributed by atoms with E-state index in [9.17, 15) is 10.1 Å². The molecule has 8 nitrogen and oxygen atoms in total. The number of rotatable bonds is 3. The van der Waals surface area contributed by atoms with Crippen LogP contribution in [0, 0.1) is 21.4 Å². The lowest BCUT2D eigenvalue weighted by Gasteiger charge is -2.04. The highest BCUT2D eigenvalue weighted by molar-refractivity contribution is 5.52. The number of nitrogens with zero attached hydrogens (tertiary/aromatic N) is 4. The Morgan fingerprint density at radius 2 is 2.21 bits per heavy atom. The molecular formula is C11H7N5O3. The van der Waals surface area contributed by atoms with Crippen LogP contribution in [-0.4, -0.2) is 14.9 Å². The minimum Gasteiger partial charge on any atom is -0.417 e. The molecule has 0 fully saturated rings. The lowest BCUT2D eigenvalue weighted by Crippen LogP contribution is -1.98. The lowest BCUT2D eigenvalue weighted by atomic mass is 10.2. The molecule has 2 rings (SSSR count). The highest BCUT2D eigenvalue weighted by Crippen LogP contribution is 2.30. The Balaban J connectivity index is 2.40. The summed E-state index contributed by atoms with van der Waals surface area (Å²) in [7, 11) is 0. The molecule has 1 aromatic heterocycles. The summed E-state index contributed by atoms with van der Waals surface area (Å²) in [6, 6.07) is 6.98. The van der Waals surface area contributed by atoms with E-state index in [1.165, 1.54) is 24.4 Å². The largest absolute Gasteiger partial charge is 0.417 e. The maximum atomic E-state index is 10.9. The molecule has 0 spiro atoms. The fourth-order valence-electron chi connectivity index (χ4n) is 1.32. The number of hydrogen-bond acceptors (Lipinski definition) is 7. The molecule has 0 atom stereocenters. The van der Waals surface area contributed by atoms with Crippen molar-refractivity contribution in [3.8, 4) is 17.8 Å². The van der Waals surface area contributed by atoms with Gasteiger partial charge in [-0.1, -0.05) is 0 Å². The van der Waals surface area contributed by atoms with E-state index in [2.05, 4.69) is 9.97 Å². The molecule has 19 heavy (non-hydrogen) atoms. The molecule has 0 aliphatic heterocycles. The number of nitrogens with two attached hydrogens (primary N) is 1. The zero-order chi connectivity index (χ0) is 13.8. The quantitative estimate of drug-likeness (QED) is 0.653. The van der Waals surface area contributed by atoms with Gasteiger partial charge in [0, 0.05) is 12.3 Å². The van der Waals surface area contributed by atoms with Crippen LogP contribution in [-0.2, 0) is 0 Å². The zero-order valence-electron chi connectivity index (χ0n) is 9.48. The average Bonchev–Trinajstić information content (AvgIpc) is 2.39. The first-order valence-electron chi connectivity index (χ1n) is 5.05. The Kier molecular flexibility index (Phi) is 3.20. The molecule has 0 saturated carbocycles. The summed E-state index contributed by atoms with van der Waals surface area (Å²) < 4.78 is 5.20. The van der Waals surface area contributed by atoms with E-state index in [-0.39, 0.29) is 28.8 Å². The fourth-order valence-corrected chi connectivity index (χ4v) is 1.32. The maximum absolute atomic E-state index is 10.9. The minimum atomic E-state index is -0.650. The molecule has 1 heterocycles. The molecule has 0 saturated heterocycles. The Morgan fingerprint density at radius 3 is 2.84 bits per heavy atom. The molecule has 0 aliphatic rings. The first kappa shape index (κ1) is 12.3. The summed E-state index contributed by atoms with van der Waals surface area (Å²) in [4.78, 5) is 17.8. The molecule has 1 aromatic carbocycles. The first-order valence-corrected chi connectivity index (χ1v) is 5.05. The second-order valence-corrected chi connectivity index (χ2v) is 3.42. The number of aromatic nitrogens is 2. The highest BCUT2D eigenvalue weighted by Gasteiger charge is 2.17. The van der Waals surface area contributed by atoms with E-state index in [0.717, 1.165) is 6.07 Å². The van der Waals surface area contributed by atoms with Gasteiger partial charge in [0.05, 0.1) is 16.6 Å². The summed E-state index contributed by atoms with van der Waals surface area (Å²) in [5.74, 6) is 0.121. The molecular weight excluding hydrogens is 250 g/mol. The summed E-state index contributed by atoms with van der Waals surface area (Å²) in [5, 5.41) is 19.6. The number of nitro groups is 1. The van der Waals surface area contributed by atoms with Crippen molar-refractivity contribution < 1.29 is 9.66 Å². The Morgan fingerprint density at radius 1 is 1.42 bits per heavy atom. The molecule has 0 radical (unpaired) electrons. The van der Waals surface area contributed by atoms with E-state index < -0.39 is 4.92 Å². The first-order chi connectivity index (χ1) is 9.10. The predicted octanol–water partition coefficient (Wildman–Crippen LogP) is 1.63. The molecule has 0 amide bonds. The van der Waals surface area contributed by atoms with E-state index in [4.69, 9.17) is 15.7 Å². The molecule has 0 unspecified atom stereocenters. The third kappa shape index (κ3) is 2.73. The normalized spacial score (nSPS) is 9.63. The van der Waals surface area contributed by atoms with Crippen molar-refractivity contribution in [1.82, 2.24) is 9.97 Å². The molecule has 94 valence electrons. The SMILES string of the molecule is N#Cc1ccc(Oc2nccc(N)n2)c([N+](=O)[O-])c1. The van der Waals surface area contributed by atoms with Crippen molar-refractivity contribution in [2.45, 2.75) is 0 Å².